The number of benzene rings is 1. The number of ether oxygens (including phenoxy) is 2. The third-order valence-electron chi connectivity index (χ3n) is 5.09. The first kappa shape index (κ1) is 18.4. The van der Waals surface area contributed by atoms with Crippen molar-refractivity contribution in [2.24, 2.45) is 0 Å². The second-order valence-electron chi connectivity index (χ2n) is 7.27. The van der Waals surface area contributed by atoms with Crippen LogP contribution in [0.4, 0.5) is 0 Å². The number of fused-ring (bicyclic) bond motifs is 1. The molecule has 152 valence electrons. The maximum atomic E-state index is 12.8. The predicted molar refractivity (Wildman–Crippen MR) is 106 cm³/mol. The normalized spacial score (nSPS) is 13.5. The number of oxazole rings is 1. The molecule has 0 amide bonds. The van der Waals surface area contributed by atoms with Gasteiger partial charge in [0, 0.05) is 17.2 Å². The fraction of sp³-hybridized carbons (Fsp3) is 0.273. The van der Waals surface area contributed by atoms with Gasteiger partial charge in [0.2, 0.25) is 5.89 Å². The molecule has 3 heterocycles. The Balaban J connectivity index is 1.34. The lowest BCUT2D eigenvalue weighted by Crippen LogP contribution is -2.08. The highest BCUT2D eigenvalue weighted by molar-refractivity contribution is 6.03. The van der Waals surface area contributed by atoms with Crippen molar-refractivity contribution in [1.82, 2.24) is 15.1 Å². The third-order valence-corrected chi connectivity index (χ3v) is 5.09. The van der Waals surface area contributed by atoms with Crippen LogP contribution in [-0.4, -0.2) is 28.2 Å². The number of nitrogens with zero attached hydrogens (tertiary/aromatic N) is 3. The highest BCUT2D eigenvalue weighted by Crippen LogP contribution is 2.40. The van der Waals surface area contributed by atoms with Gasteiger partial charge >= 0.3 is 5.97 Å². The smallest absolute Gasteiger partial charge is 0.339 e. The standard InChI is InChI=1S/C22H19N3O5/c1-12-19-17(9-18(13-3-4-13)24-21(19)30-25-12)22(26)29-11-15-10-28-20(23-15)14-5-7-16(27-2)8-6-14/h5-10,13H,3-4,11H2,1-2H3. The molecular weight excluding hydrogens is 386 g/mol. The van der Waals surface area contributed by atoms with Crippen molar-refractivity contribution < 1.29 is 23.2 Å². The van der Waals surface area contributed by atoms with Gasteiger partial charge in [0.05, 0.1) is 23.8 Å². The molecule has 4 aromatic rings. The van der Waals surface area contributed by atoms with Crippen molar-refractivity contribution in [2.45, 2.75) is 32.3 Å². The molecule has 3 aromatic heterocycles. The van der Waals surface area contributed by atoms with Gasteiger partial charge in [-0.05, 0) is 50.1 Å². The van der Waals surface area contributed by atoms with E-state index in [0.29, 0.717) is 39.9 Å². The molecule has 1 saturated carbocycles. The average Bonchev–Trinajstić information content (AvgIpc) is 3.41. The van der Waals surface area contributed by atoms with Crippen molar-refractivity contribution in [3.63, 3.8) is 0 Å². The summed E-state index contributed by atoms with van der Waals surface area (Å²) in [6.07, 6.45) is 3.61. The number of rotatable bonds is 6. The van der Waals surface area contributed by atoms with Crippen LogP contribution in [0, 0.1) is 6.92 Å². The van der Waals surface area contributed by atoms with Gasteiger partial charge in [-0.2, -0.15) is 0 Å². The van der Waals surface area contributed by atoms with E-state index in [2.05, 4.69) is 15.1 Å². The van der Waals surface area contributed by atoms with E-state index >= 15 is 0 Å². The minimum Gasteiger partial charge on any atom is -0.497 e. The van der Waals surface area contributed by atoms with E-state index in [-0.39, 0.29) is 6.61 Å². The Hall–Kier alpha value is -3.68. The van der Waals surface area contributed by atoms with Gasteiger partial charge in [0.25, 0.3) is 5.71 Å². The first-order chi connectivity index (χ1) is 14.6. The van der Waals surface area contributed by atoms with Gasteiger partial charge in [-0.25, -0.2) is 14.8 Å². The fourth-order valence-electron chi connectivity index (χ4n) is 3.32. The van der Waals surface area contributed by atoms with E-state index in [4.69, 9.17) is 18.4 Å². The van der Waals surface area contributed by atoms with E-state index in [1.165, 1.54) is 6.26 Å². The van der Waals surface area contributed by atoms with Crippen LogP contribution in [0.3, 0.4) is 0 Å². The van der Waals surface area contributed by atoms with Crippen LogP contribution >= 0.6 is 0 Å². The molecule has 8 heteroatoms. The van der Waals surface area contributed by atoms with Crippen molar-refractivity contribution in [3.8, 4) is 17.2 Å². The zero-order valence-corrected chi connectivity index (χ0v) is 16.5. The molecular formula is C22H19N3O5. The zero-order chi connectivity index (χ0) is 20.7. The molecule has 0 bridgehead atoms. The molecule has 0 radical (unpaired) electrons. The lowest BCUT2D eigenvalue weighted by molar-refractivity contribution is 0.0470. The van der Waals surface area contributed by atoms with Crippen molar-refractivity contribution in [1.29, 1.82) is 0 Å². The van der Waals surface area contributed by atoms with Crippen LogP contribution in [0.2, 0.25) is 0 Å². The highest BCUT2D eigenvalue weighted by Gasteiger charge is 2.29. The Labute approximate surface area is 171 Å². The van der Waals surface area contributed by atoms with Gasteiger partial charge in [0.15, 0.2) is 0 Å². The Bertz CT molecular complexity index is 1220. The largest absolute Gasteiger partial charge is 0.497 e. The van der Waals surface area contributed by atoms with E-state index in [1.807, 2.05) is 24.3 Å². The summed E-state index contributed by atoms with van der Waals surface area (Å²) in [5.74, 6) is 1.09. The number of esters is 1. The Morgan fingerprint density at radius 3 is 2.73 bits per heavy atom. The van der Waals surface area contributed by atoms with Crippen LogP contribution in [0.25, 0.3) is 22.6 Å². The lowest BCUT2D eigenvalue weighted by Gasteiger charge is -2.06. The molecule has 0 atom stereocenters. The number of aryl methyl sites for hydroxylation is 1. The summed E-state index contributed by atoms with van der Waals surface area (Å²) in [4.78, 5) is 21.7. The molecule has 0 aliphatic heterocycles. The molecule has 1 aliphatic carbocycles. The molecule has 0 N–H and O–H groups in total. The summed E-state index contributed by atoms with van der Waals surface area (Å²) >= 11 is 0. The summed E-state index contributed by atoms with van der Waals surface area (Å²) in [5, 5.41) is 4.53. The lowest BCUT2D eigenvalue weighted by atomic mass is 10.1. The van der Waals surface area contributed by atoms with Gasteiger partial charge in [-0.15, -0.1) is 0 Å². The first-order valence-corrected chi connectivity index (χ1v) is 9.65. The fourth-order valence-corrected chi connectivity index (χ4v) is 3.32. The Kier molecular flexibility index (Phi) is 4.46. The second-order valence-corrected chi connectivity index (χ2v) is 7.27. The highest BCUT2D eigenvalue weighted by atomic mass is 16.5. The molecule has 1 aliphatic rings. The molecule has 1 aromatic carbocycles. The Morgan fingerprint density at radius 1 is 1.20 bits per heavy atom. The van der Waals surface area contributed by atoms with Gasteiger partial charge in [-0.3, -0.25) is 0 Å². The Morgan fingerprint density at radius 2 is 2.00 bits per heavy atom. The number of pyridine rings is 1. The number of hydrogen-bond donors (Lipinski definition) is 0. The maximum Gasteiger partial charge on any atom is 0.339 e. The predicted octanol–water partition coefficient (Wildman–Crippen LogP) is 4.43. The quantitative estimate of drug-likeness (QED) is 0.434. The minimum atomic E-state index is -0.468. The zero-order valence-electron chi connectivity index (χ0n) is 16.5. The van der Waals surface area contributed by atoms with E-state index in [0.717, 1.165) is 29.8 Å². The molecule has 0 unspecified atom stereocenters. The van der Waals surface area contributed by atoms with E-state index in [9.17, 15) is 4.79 Å². The average molecular weight is 405 g/mol. The SMILES string of the molecule is COc1ccc(-c2nc(COC(=O)c3cc(C4CC4)nc4onc(C)c34)co2)cc1. The van der Waals surface area contributed by atoms with Crippen LogP contribution < -0.4 is 4.74 Å². The summed E-state index contributed by atoms with van der Waals surface area (Å²) < 4.78 is 21.5. The topological polar surface area (TPSA) is 100 Å². The molecule has 0 saturated heterocycles. The third kappa shape index (κ3) is 3.41. The number of carbonyl (C=O) groups is 1. The molecule has 8 nitrogen and oxygen atoms in total. The van der Waals surface area contributed by atoms with Crippen molar-refractivity contribution in [3.05, 3.63) is 59.2 Å². The first-order valence-electron chi connectivity index (χ1n) is 9.65. The molecule has 5 rings (SSSR count). The number of methoxy groups -OCH3 is 1. The van der Waals surface area contributed by atoms with Crippen LogP contribution in [0.1, 0.15) is 46.2 Å². The molecule has 1 fully saturated rings. The number of carbonyl (C=O) groups excluding carboxylic acids is 1. The minimum absolute atomic E-state index is 0.00854. The second kappa shape index (κ2) is 7.29. The van der Waals surface area contributed by atoms with Gasteiger partial charge in [0.1, 0.15) is 24.3 Å². The van der Waals surface area contributed by atoms with E-state index < -0.39 is 5.97 Å². The van der Waals surface area contributed by atoms with Gasteiger partial charge in [-0.1, -0.05) is 5.16 Å². The van der Waals surface area contributed by atoms with Crippen LogP contribution in [-0.2, 0) is 11.3 Å². The summed E-state index contributed by atoms with van der Waals surface area (Å²) in [5.41, 5.74) is 3.55. The van der Waals surface area contributed by atoms with Crippen LogP contribution in [0.15, 0.2) is 45.5 Å². The molecule has 0 spiro atoms. The number of hydrogen-bond acceptors (Lipinski definition) is 8. The summed E-state index contributed by atoms with van der Waals surface area (Å²) in [6, 6.07) is 9.14. The summed E-state index contributed by atoms with van der Waals surface area (Å²) in [7, 11) is 1.61. The van der Waals surface area contributed by atoms with E-state index in [1.54, 1.807) is 20.1 Å². The monoisotopic (exact) mass is 405 g/mol. The van der Waals surface area contributed by atoms with Gasteiger partial charge < -0.3 is 18.4 Å². The van der Waals surface area contributed by atoms with Crippen molar-refractivity contribution >= 4 is 17.1 Å². The molecule has 30 heavy (non-hydrogen) atoms. The van der Waals surface area contributed by atoms with Crippen LogP contribution in [0.5, 0.6) is 5.75 Å². The maximum absolute atomic E-state index is 12.8. The van der Waals surface area contributed by atoms with Crippen molar-refractivity contribution in [2.75, 3.05) is 7.11 Å². The number of aromatic nitrogens is 3. The summed E-state index contributed by atoms with van der Waals surface area (Å²) in [6.45, 7) is 1.77.